The van der Waals surface area contributed by atoms with Crippen LogP contribution in [-0.2, 0) is 0 Å². The van der Waals surface area contributed by atoms with Crippen molar-refractivity contribution in [1.82, 2.24) is 5.32 Å². The summed E-state index contributed by atoms with van der Waals surface area (Å²) < 4.78 is 10.8. The Balaban J connectivity index is 2.24. The Morgan fingerprint density at radius 1 is 1.37 bits per heavy atom. The van der Waals surface area contributed by atoms with E-state index in [1.165, 1.54) is 0 Å². The van der Waals surface area contributed by atoms with Crippen LogP contribution in [-0.4, -0.2) is 32.6 Å². The number of piperidine rings is 1. The number of hydrogen-bond acceptors (Lipinski definition) is 4. The van der Waals surface area contributed by atoms with Gasteiger partial charge in [-0.15, -0.1) is 0 Å². The number of hydrogen-bond donors (Lipinski definition) is 1. The quantitative estimate of drug-likeness (QED) is 0.828. The van der Waals surface area contributed by atoms with Gasteiger partial charge in [0.05, 0.1) is 19.3 Å². The molecule has 1 saturated heterocycles. The third-order valence-electron chi connectivity index (χ3n) is 3.46. The number of ketones is 1. The maximum Gasteiger partial charge on any atom is 0.169 e. The SMILES string of the molecule is CCOc1ccc(OC)c(C(=O)C2CCNCC2)c1. The lowest BCUT2D eigenvalue weighted by atomic mass is 9.89. The van der Waals surface area contributed by atoms with Crippen LogP contribution < -0.4 is 14.8 Å². The lowest BCUT2D eigenvalue weighted by Gasteiger charge is -2.22. The van der Waals surface area contributed by atoms with E-state index in [-0.39, 0.29) is 11.7 Å². The molecule has 1 aromatic rings. The highest BCUT2D eigenvalue weighted by molar-refractivity contribution is 6.00. The van der Waals surface area contributed by atoms with Crippen molar-refractivity contribution < 1.29 is 14.3 Å². The fraction of sp³-hybridized carbons (Fsp3) is 0.533. The van der Waals surface area contributed by atoms with E-state index in [1.54, 1.807) is 19.2 Å². The molecule has 0 unspecified atom stereocenters. The van der Waals surface area contributed by atoms with Crippen molar-refractivity contribution >= 4 is 5.78 Å². The zero-order chi connectivity index (χ0) is 13.7. The fourth-order valence-electron chi connectivity index (χ4n) is 2.44. The Labute approximate surface area is 114 Å². The normalized spacial score (nSPS) is 16.1. The van der Waals surface area contributed by atoms with Crippen LogP contribution in [0.5, 0.6) is 11.5 Å². The van der Waals surface area contributed by atoms with Gasteiger partial charge in [-0.2, -0.15) is 0 Å². The molecule has 1 aromatic carbocycles. The number of nitrogens with one attached hydrogen (secondary N) is 1. The van der Waals surface area contributed by atoms with Gasteiger partial charge in [-0.1, -0.05) is 0 Å². The fourth-order valence-corrected chi connectivity index (χ4v) is 2.44. The summed E-state index contributed by atoms with van der Waals surface area (Å²) in [5.74, 6) is 1.61. The maximum atomic E-state index is 12.6. The maximum absolute atomic E-state index is 12.6. The van der Waals surface area contributed by atoms with Gasteiger partial charge >= 0.3 is 0 Å². The molecule has 0 amide bonds. The van der Waals surface area contributed by atoms with E-state index >= 15 is 0 Å². The molecule has 0 spiro atoms. The van der Waals surface area contributed by atoms with Crippen molar-refractivity contribution in [2.75, 3.05) is 26.8 Å². The number of ether oxygens (including phenoxy) is 2. The molecule has 4 heteroatoms. The third-order valence-corrected chi connectivity index (χ3v) is 3.46. The first-order valence-corrected chi connectivity index (χ1v) is 6.82. The number of carbonyl (C=O) groups is 1. The summed E-state index contributed by atoms with van der Waals surface area (Å²) in [5, 5.41) is 3.27. The molecule has 1 heterocycles. The van der Waals surface area contributed by atoms with E-state index in [0.29, 0.717) is 17.9 Å². The first-order chi connectivity index (χ1) is 9.26. The van der Waals surface area contributed by atoms with Crippen LogP contribution in [0.2, 0.25) is 0 Å². The highest BCUT2D eigenvalue weighted by atomic mass is 16.5. The van der Waals surface area contributed by atoms with Crippen molar-refractivity contribution in [2.24, 2.45) is 5.92 Å². The molecule has 1 N–H and O–H groups in total. The summed E-state index contributed by atoms with van der Waals surface area (Å²) in [6.07, 6.45) is 1.78. The minimum atomic E-state index is 0.0898. The summed E-state index contributed by atoms with van der Waals surface area (Å²) in [6.45, 7) is 4.33. The number of methoxy groups -OCH3 is 1. The first-order valence-electron chi connectivity index (χ1n) is 6.82. The van der Waals surface area contributed by atoms with Crippen molar-refractivity contribution in [1.29, 1.82) is 0 Å². The van der Waals surface area contributed by atoms with Crippen LogP contribution >= 0.6 is 0 Å². The van der Waals surface area contributed by atoms with Gasteiger partial charge in [-0.05, 0) is 51.1 Å². The molecule has 4 nitrogen and oxygen atoms in total. The molecule has 2 rings (SSSR count). The minimum Gasteiger partial charge on any atom is -0.496 e. The zero-order valence-electron chi connectivity index (χ0n) is 11.6. The summed E-state index contributed by atoms with van der Waals surface area (Å²) in [4.78, 5) is 12.6. The molecule has 0 saturated carbocycles. The first kappa shape index (κ1) is 13.9. The van der Waals surface area contributed by atoms with Gasteiger partial charge in [0.25, 0.3) is 0 Å². The number of Topliss-reactive ketones (excluding diaryl/α,β-unsaturated/α-hetero) is 1. The number of rotatable bonds is 5. The Hall–Kier alpha value is -1.55. The summed E-state index contributed by atoms with van der Waals surface area (Å²) in [6, 6.07) is 5.44. The van der Waals surface area contributed by atoms with Gasteiger partial charge in [-0.25, -0.2) is 0 Å². The van der Waals surface area contributed by atoms with E-state index in [4.69, 9.17) is 9.47 Å². The van der Waals surface area contributed by atoms with Crippen LogP contribution in [0, 0.1) is 5.92 Å². The largest absolute Gasteiger partial charge is 0.496 e. The lowest BCUT2D eigenvalue weighted by Crippen LogP contribution is -2.32. The molecule has 0 bridgehead atoms. The van der Waals surface area contributed by atoms with Crippen molar-refractivity contribution in [3.63, 3.8) is 0 Å². The third kappa shape index (κ3) is 3.26. The predicted octanol–water partition coefficient (Wildman–Crippen LogP) is 2.28. The van der Waals surface area contributed by atoms with Crippen LogP contribution in [0.3, 0.4) is 0 Å². The summed E-state index contributed by atoms with van der Waals surface area (Å²) in [7, 11) is 1.59. The topological polar surface area (TPSA) is 47.6 Å². The second-order valence-corrected chi connectivity index (χ2v) is 4.68. The average Bonchev–Trinajstić information content (AvgIpc) is 2.47. The molecule has 1 fully saturated rings. The highest BCUT2D eigenvalue weighted by Gasteiger charge is 2.25. The Morgan fingerprint density at radius 3 is 2.74 bits per heavy atom. The van der Waals surface area contributed by atoms with E-state index in [1.807, 2.05) is 13.0 Å². The van der Waals surface area contributed by atoms with Gasteiger partial charge in [-0.3, -0.25) is 4.79 Å². The van der Waals surface area contributed by atoms with Gasteiger partial charge in [0.15, 0.2) is 5.78 Å². The predicted molar refractivity (Wildman–Crippen MR) is 74.1 cm³/mol. The molecule has 0 aromatic heterocycles. The molecule has 19 heavy (non-hydrogen) atoms. The zero-order valence-corrected chi connectivity index (χ0v) is 11.6. The smallest absolute Gasteiger partial charge is 0.169 e. The van der Waals surface area contributed by atoms with Crippen LogP contribution in [0.4, 0.5) is 0 Å². The van der Waals surface area contributed by atoms with Crippen molar-refractivity contribution in [3.05, 3.63) is 23.8 Å². The van der Waals surface area contributed by atoms with Crippen molar-refractivity contribution in [2.45, 2.75) is 19.8 Å². The van der Waals surface area contributed by atoms with E-state index in [2.05, 4.69) is 5.32 Å². The summed E-state index contributed by atoms with van der Waals surface area (Å²) in [5.41, 5.74) is 0.639. The average molecular weight is 263 g/mol. The van der Waals surface area contributed by atoms with Crippen molar-refractivity contribution in [3.8, 4) is 11.5 Å². The summed E-state index contributed by atoms with van der Waals surface area (Å²) >= 11 is 0. The molecule has 104 valence electrons. The Bertz CT molecular complexity index is 439. The van der Waals surface area contributed by atoms with Gasteiger partial charge < -0.3 is 14.8 Å². The molecule has 0 aliphatic carbocycles. The Morgan fingerprint density at radius 2 is 2.11 bits per heavy atom. The van der Waals surface area contributed by atoms with E-state index in [0.717, 1.165) is 31.7 Å². The lowest BCUT2D eigenvalue weighted by molar-refractivity contribution is 0.0891. The van der Waals surface area contributed by atoms with Crippen LogP contribution in [0.15, 0.2) is 18.2 Å². The minimum absolute atomic E-state index is 0.0898. The molecule has 0 atom stereocenters. The van der Waals surface area contributed by atoms with Gasteiger partial charge in [0, 0.05) is 5.92 Å². The highest BCUT2D eigenvalue weighted by Crippen LogP contribution is 2.28. The second kappa shape index (κ2) is 6.57. The molecule has 0 radical (unpaired) electrons. The second-order valence-electron chi connectivity index (χ2n) is 4.68. The molecular weight excluding hydrogens is 242 g/mol. The number of carbonyl (C=O) groups excluding carboxylic acids is 1. The molecular formula is C15H21NO3. The molecule has 1 aliphatic rings. The Kier molecular flexibility index (Phi) is 4.80. The van der Waals surface area contributed by atoms with E-state index < -0.39 is 0 Å². The van der Waals surface area contributed by atoms with Crippen LogP contribution in [0.25, 0.3) is 0 Å². The number of benzene rings is 1. The molecule has 1 aliphatic heterocycles. The van der Waals surface area contributed by atoms with Crippen LogP contribution in [0.1, 0.15) is 30.1 Å². The standard InChI is InChI=1S/C15H21NO3/c1-3-19-12-4-5-14(18-2)13(10-12)15(17)11-6-8-16-9-7-11/h4-5,10-11,16H,3,6-9H2,1-2H3. The monoisotopic (exact) mass is 263 g/mol. The van der Waals surface area contributed by atoms with Gasteiger partial charge in [0.1, 0.15) is 11.5 Å². The van der Waals surface area contributed by atoms with E-state index in [9.17, 15) is 4.79 Å². The van der Waals surface area contributed by atoms with Gasteiger partial charge in [0.2, 0.25) is 0 Å².